The number of aryl methyl sites for hydroxylation is 1. The Morgan fingerprint density at radius 2 is 2.27 bits per heavy atom. The van der Waals surface area contributed by atoms with E-state index in [2.05, 4.69) is 21.4 Å². The van der Waals surface area contributed by atoms with Gasteiger partial charge in [-0.15, -0.1) is 11.3 Å². The van der Waals surface area contributed by atoms with Crippen molar-refractivity contribution in [1.82, 2.24) is 14.9 Å². The van der Waals surface area contributed by atoms with E-state index in [0.717, 1.165) is 51.6 Å². The summed E-state index contributed by atoms with van der Waals surface area (Å²) in [4.78, 5) is 25.3. The van der Waals surface area contributed by atoms with Crippen molar-refractivity contribution in [1.29, 1.82) is 0 Å². The fraction of sp³-hybridized carbons (Fsp3) is 0.409. The van der Waals surface area contributed by atoms with Gasteiger partial charge in [0.1, 0.15) is 22.7 Å². The lowest BCUT2D eigenvalue weighted by Gasteiger charge is -2.22. The maximum Gasteiger partial charge on any atom is 0.264 e. The number of likely N-dealkylation sites (N-methyl/N-ethyl adjacent to an activating group) is 1. The van der Waals surface area contributed by atoms with Crippen LogP contribution in [-0.2, 0) is 11.2 Å². The summed E-state index contributed by atoms with van der Waals surface area (Å²) in [6, 6.07) is 8.17. The first kappa shape index (κ1) is 20.6. The summed E-state index contributed by atoms with van der Waals surface area (Å²) in [5.41, 5.74) is 2.11. The molecule has 1 aliphatic heterocycles. The number of ether oxygens (including phenoxy) is 2. The highest BCUT2D eigenvalue weighted by atomic mass is 32.1. The second kappa shape index (κ2) is 8.97. The predicted octanol–water partition coefficient (Wildman–Crippen LogP) is 3.52. The molecule has 30 heavy (non-hydrogen) atoms. The summed E-state index contributed by atoms with van der Waals surface area (Å²) in [5.74, 6) is 1.64. The molecule has 1 atom stereocenters. The van der Waals surface area contributed by atoms with E-state index < -0.39 is 0 Å². The summed E-state index contributed by atoms with van der Waals surface area (Å²) in [7, 11) is 3.52. The molecule has 4 rings (SSSR count). The van der Waals surface area contributed by atoms with Crippen LogP contribution in [0.1, 0.15) is 27.2 Å². The molecular weight excluding hydrogens is 400 g/mol. The minimum atomic E-state index is 0.0216. The number of thiophene rings is 1. The minimum Gasteiger partial charge on any atom is -0.497 e. The third-order valence-corrected chi connectivity index (χ3v) is 6.72. The molecule has 1 amide bonds. The van der Waals surface area contributed by atoms with Crippen LogP contribution in [-0.4, -0.2) is 60.7 Å². The van der Waals surface area contributed by atoms with E-state index in [-0.39, 0.29) is 11.9 Å². The molecular formula is C22H26N4O3S. The van der Waals surface area contributed by atoms with Crippen LogP contribution >= 0.6 is 11.3 Å². The fourth-order valence-corrected chi connectivity index (χ4v) is 4.85. The Morgan fingerprint density at radius 3 is 3.03 bits per heavy atom. The lowest BCUT2D eigenvalue weighted by molar-refractivity contribution is 0.0715. The molecule has 0 bridgehead atoms. The summed E-state index contributed by atoms with van der Waals surface area (Å²) in [6.45, 7) is 4.00. The number of benzene rings is 1. The van der Waals surface area contributed by atoms with E-state index in [1.165, 1.54) is 16.9 Å². The maximum absolute atomic E-state index is 13.1. The zero-order valence-corrected chi connectivity index (χ0v) is 18.3. The number of nitrogens with one attached hydrogen (secondary N) is 1. The predicted molar refractivity (Wildman–Crippen MR) is 119 cm³/mol. The lowest BCUT2D eigenvalue weighted by atomic mass is 10.1. The van der Waals surface area contributed by atoms with Gasteiger partial charge in [0.15, 0.2) is 0 Å². The second-order valence-electron chi connectivity index (χ2n) is 7.42. The number of hydrogen-bond donors (Lipinski definition) is 1. The Hall–Kier alpha value is -2.71. The van der Waals surface area contributed by atoms with Gasteiger partial charge in [-0.2, -0.15) is 0 Å². The van der Waals surface area contributed by atoms with Gasteiger partial charge in [0, 0.05) is 20.2 Å². The summed E-state index contributed by atoms with van der Waals surface area (Å²) >= 11 is 1.43. The topological polar surface area (TPSA) is 76.6 Å². The third kappa shape index (κ3) is 4.11. The molecule has 1 fully saturated rings. The lowest BCUT2D eigenvalue weighted by Crippen LogP contribution is -2.37. The number of rotatable bonds is 7. The molecule has 3 aromatic rings. The maximum atomic E-state index is 13.1. The van der Waals surface area contributed by atoms with Crippen molar-refractivity contribution in [2.24, 2.45) is 0 Å². The normalized spacial score (nSPS) is 16.0. The van der Waals surface area contributed by atoms with Crippen LogP contribution in [0, 0.1) is 6.92 Å². The summed E-state index contributed by atoms with van der Waals surface area (Å²) in [5, 5.41) is 4.34. The van der Waals surface area contributed by atoms with Crippen molar-refractivity contribution in [3.8, 4) is 5.75 Å². The van der Waals surface area contributed by atoms with Gasteiger partial charge in [-0.25, -0.2) is 9.97 Å². The number of methoxy groups -OCH3 is 1. The minimum absolute atomic E-state index is 0.0216. The van der Waals surface area contributed by atoms with Crippen LogP contribution in [0.15, 0.2) is 30.6 Å². The molecule has 3 heterocycles. The fourth-order valence-electron chi connectivity index (χ4n) is 3.72. The second-order valence-corrected chi connectivity index (χ2v) is 8.42. The van der Waals surface area contributed by atoms with Crippen LogP contribution in [0.25, 0.3) is 10.2 Å². The number of hydrogen-bond acceptors (Lipinski definition) is 7. The van der Waals surface area contributed by atoms with E-state index in [0.29, 0.717) is 13.2 Å². The highest BCUT2D eigenvalue weighted by Crippen LogP contribution is 2.34. The molecule has 1 aromatic carbocycles. The van der Waals surface area contributed by atoms with Crippen molar-refractivity contribution >= 4 is 33.3 Å². The summed E-state index contributed by atoms with van der Waals surface area (Å²) in [6.07, 6.45) is 3.26. The SMILES string of the molecule is COc1cccc(CCNc2ncnc3sc(C(=O)N(C)C4CCOC4)c(C)c23)c1. The van der Waals surface area contributed by atoms with Crippen molar-refractivity contribution in [3.63, 3.8) is 0 Å². The first-order chi connectivity index (χ1) is 14.6. The van der Waals surface area contributed by atoms with Gasteiger partial charge in [0.05, 0.1) is 30.0 Å². The van der Waals surface area contributed by atoms with Crippen molar-refractivity contribution < 1.29 is 14.3 Å². The van der Waals surface area contributed by atoms with Crippen LogP contribution < -0.4 is 10.1 Å². The Kier molecular flexibility index (Phi) is 6.15. The van der Waals surface area contributed by atoms with Gasteiger partial charge in [-0.05, 0) is 43.0 Å². The highest BCUT2D eigenvalue weighted by Gasteiger charge is 2.28. The monoisotopic (exact) mass is 426 g/mol. The molecule has 2 aromatic heterocycles. The van der Waals surface area contributed by atoms with Gasteiger partial charge in [0.2, 0.25) is 0 Å². The van der Waals surface area contributed by atoms with Crippen LogP contribution in [0.4, 0.5) is 5.82 Å². The number of amides is 1. The van der Waals surface area contributed by atoms with Gasteiger partial charge in [-0.3, -0.25) is 4.79 Å². The number of anilines is 1. The largest absolute Gasteiger partial charge is 0.497 e. The van der Waals surface area contributed by atoms with E-state index in [4.69, 9.17) is 9.47 Å². The van der Waals surface area contributed by atoms with Crippen molar-refractivity contribution in [3.05, 3.63) is 46.6 Å². The van der Waals surface area contributed by atoms with Crippen LogP contribution in [0.5, 0.6) is 5.75 Å². The molecule has 1 saturated heterocycles. The Morgan fingerprint density at radius 1 is 1.40 bits per heavy atom. The van der Waals surface area contributed by atoms with Gasteiger partial charge in [0.25, 0.3) is 5.91 Å². The Labute approximate surface area is 180 Å². The van der Waals surface area contributed by atoms with Gasteiger partial charge in [-0.1, -0.05) is 12.1 Å². The quantitative estimate of drug-likeness (QED) is 0.623. The molecule has 7 nitrogen and oxygen atoms in total. The van der Waals surface area contributed by atoms with E-state index in [9.17, 15) is 4.79 Å². The average Bonchev–Trinajstić information content (AvgIpc) is 3.42. The third-order valence-electron chi connectivity index (χ3n) is 5.54. The molecule has 1 N–H and O–H groups in total. The Bertz CT molecular complexity index is 1050. The molecule has 0 aliphatic carbocycles. The average molecular weight is 427 g/mol. The first-order valence-electron chi connectivity index (χ1n) is 10.0. The molecule has 0 spiro atoms. The van der Waals surface area contributed by atoms with Gasteiger partial charge < -0.3 is 19.7 Å². The Balaban J connectivity index is 1.52. The first-order valence-corrected chi connectivity index (χ1v) is 10.9. The molecule has 1 unspecified atom stereocenters. The zero-order valence-electron chi connectivity index (χ0n) is 17.5. The van der Waals surface area contributed by atoms with E-state index in [1.807, 2.05) is 32.2 Å². The smallest absolute Gasteiger partial charge is 0.264 e. The van der Waals surface area contributed by atoms with Gasteiger partial charge >= 0.3 is 0 Å². The highest BCUT2D eigenvalue weighted by molar-refractivity contribution is 7.20. The molecule has 8 heteroatoms. The summed E-state index contributed by atoms with van der Waals surface area (Å²) < 4.78 is 10.7. The van der Waals surface area contributed by atoms with Crippen LogP contribution in [0.2, 0.25) is 0 Å². The molecule has 158 valence electrons. The standard InChI is InChI=1S/C22H26N4O3S/c1-14-18-20(23-9-7-15-5-4-6-17(11-15)28-3)24-13-25-21(18)30-19(14)22(27)26(2)16-8-10-29-12-16/h4-6,11,13,16H,7-10,12H2,1-3H3,(H,23,24,25). The molecule has 0 saturated carbocycles. The number of nitrogens with zero attached hydrogens (tertiary/aromatic N) is 3. The molecule has 1 aliphatic rings. The number of carbonyl (C=O) groups excluding carboxylic acids is 1. The number of fused-ring (bicyclic) bond motifs is 1. The van der Waals surface area contributed by atoms with E-state index in [1.54, 1.807) is 18.3 Å². The number of aromatic nitrogens is 2. The van der Waals surface area contributed by atoms with E-state index >= 15 is 0 Å². The van der Waals surface area contributed by atoms with Crippen molar-refractivity contribution in [2.75, 3.05) is 39.2 Å². The van der Waals surface area contributed by atoms with Crippen LogP contribution in [0.3, 0.4) is 0 Å². The molecule has 0 radical (unpaired) electrons. The number of carbonyl (C=O) groups is 1. The zero-order chi connectivity index (χ0) is 21.1. The van der Waals surface area contributed by atoms with Crippen molar-refractivity contribution in [2.45, 2.75) is 25.8 Å².